The van der Waals surface area contributed by atoms with Crippen LogP contribution in [0.2, 0.25) is 0 Å². The lowest BCUT2D eigenvalue weighted by atomic mass is 10.2. The summed E-state index contributed by atoms with van der Waals surface area (Å²) in [5, 5.41) is 7.00. The second kappa shape index (κ2) is 6.70. The molecule has 1 unspecified atom stereocenters. The van der Waals surface area contributed by atoms with E-state index in [-0.39, 0.29) is 12.2 Å². The number of methoxy groups -OCH3 is 1. The quantitative estimate of drug-likeness (QED) is 0.740. The third-order valence-corrected chi connectivity index (χ3v) is 2.13. The average Bonchev–Trinajstić information content (AvgIpc) is 2.66. The molecule has 0 saturated carbocycles. The molecule has 16 heavy (non-hydrogen) atoms. The molecular formula is C11H23NO4. The normalized spacial score (nSPS) is 20.1. The van der Waals surface area contributed by atoms with Crippen LogP contribution in [-0.2, 0) is 9.47 Å². The molecule has 96 valence electrons. The first-order chi connectivity index (χ1) is 7.42. The van der Waals surface area contributed by atoms with Crippen LogP contribution in [0.25, 0.3) is 0 Å². The van der Waals surface area contributed by atoms with E-state index < -0.39 is 5.60 Å². The van der Waals surface area contributed by atoms with E-state index in [4.69, 9.17) is 14.6 Å². The maximum absolute atomic E-state index is 11.6. The number of rotatable bonds is 1. The number of likely N-dealkylation sites (tertiary alicyclic amines) is 1. The molecule has 1 aliphatic rings. The van der Waals surface area contributed by atoms with E-state index in [1.807, 2.05) is 20.8 Å². The van der Waals surface area contributed by atoms with E-state index in [0.29, 0.717) is 6.54 Å². The summed E-state index contributed by atoms with van der Waals surface area (Å²) in [5.41, 5.74) is -0.414. The Morgan fingerprint density at radius 1 is 1.38 bits per heavy atom. The van der Waals surface area contributed by atoms with Gasteiger partial charge in [-0.1, -0.05) is 0 Å². The molecule has 1 aliphatic heterocycles. The van der Waals surface area contributed by atoms with Gasteiger partial charge < -0.3 is 19.5 Å². The standard InChI is InChI=1S/C10H19NO3.CH4O/c1-10(2,3)14-9(12)11-6-5-8(7-11)13-4;1-2/h8H,5-7H2,1-4H3;2H,1H3. The maximum atomic E-state index is 11.6. The average molecular weight is 233 g/mol. The van der Waals surface area contributed by atoms with Crippen molar-refractivity contribution in [3.63, 3.8) is 0 Å². The molecule has 1 atom stereocenters. The summed E-state index contributed by atoms with van der Waals surface area (Å²) in [6.07, 6.45) is 0.829. The second-order valence-corrected chi connectivity index (χ2v) is 4.57. The van der Waals surface area contributed by atoms with Crippen molar-refractivity contribution in [2.45, 2.75) is 38.9 Å². The molecule has 1 heterocycles. The summed E-state index contributed by atoms with van der Waals surface area (Å²) in [6.45, 7) is 6.98. The molecule has 0 aromatic carbocycles. The zero-order valence-electron chi connectivity index (χ0n) is 10.8. The van der Waals surface area contributed by atoms with Crippen LogP contribution < -0.4 is 0 Å². The fourth-order valence-electron chi connectivity index (χ4n) is 1.41. The Bertz CT molecular complexity index is 213. The smallest absolute Gasteiger partial charge is 0.410 e. The minimum Gasteiger partial charge on any atom is -0.444 e. The molecule has 0 radical (unpaired) electrons. The third-order valence-electron chi connectivity index (χ3n) is 2.13. The predicted octanol–water partition coefficient (Wildman–Crippen LogP) is 1.25. The van der Waals surface area contributed by atoms with Crippen molar-refractivity contribution in [1.29, 1.82) is 0 Å². The van der Waals surface area contributed by atoms with Crippen molar-refractivity contribution < 1.29 is 19.4 Å². The number of nitrogens with zero attached hydrogens (tertiary/aromatic N) is 1. The monoisotopic (exact) mass is 233 g/mol. The molecule has 1 fully saturated rings. The van der Waals surface area contributed by atoms with Gasteiger partial charge in [0, 0.05) is 20.8 Å². The van der Waals surface area contributed by atoms with Crippen LogP contribution in [0.5, 0.6) is 0 Å². The molecule has 5 heteroatoms. The van der Waals surface area contributed by atoms with Gasteiger partial charge in [-0.2, -0.15) is 0 Å². The van der Waals surface area contributed by atoms with E-state index in [9.17, 15) is 4.79 Å². The molecule has 5 nitrogen and oxygen atoms in total. The minimum absolute atomic E-state index is 0.169. The Morgan fingerprint density at radius 3 is 2.31 bits per heavy atom. The van der Waals surface area contributed by atoms with Gasteiger partial charge in [-0.3, -0.25) is 0 Å². The highest BCUT2D eigenvalue weighted by atomic mass is 16.6. The number of ether oxygens (including phenoxy) is 2. The number of amides is 1. The Kier molecular flexibility index (Phi) is 6.36. The Morgan fingerprint density at radius 2 is 1.94 bits per heavy atom. The summed E-state index contributed by atoms with van der Waals surface area (Å²) in [6, 6.07) is 0. The lowest BCUT2D eigenvalue weighted by Gasteiger charge is -2.24. The molecule has 1 N–H and O–H groups in total. The SMILES string of the molecule is CO.COC1CCN(C(=O)OC(C)(C)C)C1. The summed E-state index contributed by atoms with van der Waals surface area (Å²) < 4.78 is 10.4. The molecule has 1 saturated heterocycles. The highest BCUT2D eigenvalue weighted by molar-refractivity contribution is 5.68. The molecule has 0 aliphatic carbocycles. The van der Waals surface area contributed by atoms with Crippen LogP contribution in [0.3, 0.4) is 0 Å². The third kappa shape index (κ3) is 5.32. The number of aliphatic hydroxyl groups excluding tert-OH is 1. The van der Waals surface area contributed by atoms with Crippen LogP contribution in [0.1, 0.15) is 27.2 Å². The lowest BCUT2D eigenvalue weighted by molar-refractivity contribution is 0.0253. The number of hydrogen-bond donors (Lipinski definition) is 1. The van der Waals surface area contributed by atoms with Gasteiger partial charge in [0.05, 0.1) is 12.6 Å². The van der Waals surface area contributed by atoms with Crippen molar-refractivity contribution in [3.8, 4) is 0 Å². The van der Waals surface area contributed by atoms with Crippen LogP contribution in [-0.4, -0.2) is 55.1 Å². The van der Waals surface area contributed by atoms with Gasteiger partial charge in [0.1, 0.15) is 5.60 Å². The molecule has 0 bridgehead atoms. The van der Waals surface area contributed by atoms with Gasteiger partial charge in [-0.15, -0.1) is 0 Å². The van der Waals surface area contributed by atoms with Gasteiger partial charge in [0.25, 0.3) is 0 Å². The van der Waals surface area contributed by atoms with Gasteiger partial charge >= 0.3 is 6.09 Å². The van der Waals surface area contributed by atoms with E-state index in [0.717, 1.165) is 20.1 Å². The summed E-state index contributed by atoms with van der Waals surface area (Å²) in [5.74, 6) is 0. The number of carbonyl (C=O) groups excluding carboxylic acids is 1. The predicted molar refractivity (Wildman–Crippen MR) is 61.4 cm³/mol. The summed E-state index contributed by atoms with van der Waals surface area (Å²) in [4.78, 5) is 13.3. The highest BCUT2D eigenvalue weighted by Gasteiger charge is 2.29. The van der Waals surface area contributed by atoms with Crippen LogP contribution in [0, 0.1) is 0 Å². The molecular weight excluding hydrogens is 210 g/mol. The first kappa shape index (κ1) is 15.2. The first-order valence-electron chi connectivity index (χ1n) is 5.38. The summed E-state index contributed by atoms with van der Waals surface area (Å²) in [7, 11) is 2.67. The zero-order chi connectivity index (χ0) is 12.8. The molecule has 1 amide bonds. The van der Waals surface area contributed by atoms with Crippen molar-refractivity contribution in [1.82, 2.24) is 4.90 Å². The molecule has 0 spiro atoms. The Hall–Kier alpha value is -0.810. The van der Waals surface area contributed by atoms with E-state index in [1.54, 1.807) is 12.0 Å². The van der Waals surface area contributed by atoms with Crippen LogP contribution in [0.15, 0.2) is 0 Å². The fourth-order valence-corrected chi connectivity index (χ4v) is 1.41. The van der Waals surface area contributed by atoms with E-state index >= 15 is 0 Å². The minimum atomic E-state index is -0.414. The molecule has 0 aromatic heterocycles. The van der Waals surface area contributed by atoms with Crippen molar-refractivity contribution in [2.24, 2.45) is 0 Å². The molecule has 1 rings (SSSR count). The second-order valence-electron chi connectivity index (χ2n) is 4.57. The van der Waals surface area contributed by atoms with Gasteiger partial charge in [-0.05, 0) is 27.2 Å². The maximum Gasteiger partial charge on any atom is 0.410 e. The van der Waals surface area contributed by atoms with Gasteiger partial charge in [-0.25, -0.2) is 4.79 Å². The Labute approximate surface area is 97.3 Å². The highest BCUT2D eigenvalue weighted by Crippen LogP contribution is 2.16. The van der Waals surface area contributed by atoms with Gasteiger partial charge in [0.15, 0.2) is 0 Å². The van der Waals surface area contributed by atoms with E-state index in [1.165, 1.54) is 0 Å². The first-order valence-corrected chi connectivity index (χ1v) is 5.38. The lowest BCUT2D eigenvalue weighted by Crippen LogP contribution is -2.35. The van der Waals surface area contributed by atoms with E-state index in [2.05, 4.69) is 0 Å². The van der Waals surface area contributed by atoms with Crippen molar-refractivity contribution in [3.05, 3.63) is 0 Å². The number of carbonyl (C=O) groups is 1. The number of hydrogen-bond acceptors (Lipinski definition) is 4. The van der Waals surface area contributed by atoms with Crippen molar-refractivity contribution >= 4 is 6.09 Å². The van der Waals surface area contributed by atoms with Crippen LogP contribution >= 0.6 is 0 Å². The summed E-state index contributed by atoms with van der Waals surface area (Å²) >= 11 is 0. The topological polar surface area (TPSA) is 59.0 Å². The molecule has 0 aromatic rings. The largest absolute Gasteiger partial charge is 0.444 e. The van der Waals surface area contributed by atoms with Crippen molar-refractivity contribution in [2.75, 3.05) is 27.3 Å². The van der Waals surface area contributed by atoms with Crippen LogP contribution in [0.4, 0.5) is 4.79 Å². The Balaban J connectivity index is 0.00000106. The zero-order valence-corrected chi connectivity index (χ0v) is 10.8. The fraction of sp³-hybridized carbons (Fsp3) is 0.909. The van der Waals surface area contributed by atoms with Gasteiger partial charge in [0.2, 0.25) is 0 Å². The number of aliphatic hydroxyl groups is 1.